The number of rotatable bonds is 11. The zero-order valence-corrected chi connectivity index (χ0v) is 16.6. The number of aliphatic carboxylic acids is 1. The highest BCUT2D eigenvalue weighted by atomic mass is 16.5. The minimum atomic E-state index is -1.55. The molecule has 0 saturated carbocycles. The maximum Gasteiger partial charge on any atom is 0.339 e. The van der Waals surface area contributed by atoms with Gasteiger partial charge in [0.2, 0.25) is 0 Å². The minimum Gasteiger partial charge on any atom is -0.497 e. The molecule has 0 fully saturated rings. The van der Waals surface area contributed by atoms with Crippen molar-refractivity contribution in [2.24, 2.45) is 0 Å². The van der Waals surface area contributed by atoms with Gasteiger partial charge in [-0.05, 0) is 43.7 Å². The number of allylic oxidation sites excluding steroid dienone is 4. The molecular weight excluding hydrogens is 360 g/mol. The zero-order chi connectivity index (χ0) is 21.2. The fourth-order valence-electron chi connectivity index (χ4n) is 2.37. The Bertz CT molecular complexity index is 786. The molecule has 0 radical (unpaired) electrons. The molecule has 150 valence electrons. The topological polar surface area (TPSA) is 89.9 Å². The van der Waals surface area contributed by atoms with Crippen LogP contribution < -0.4 is 4.74 Å². The lowest BCUT2D eigenvalue weighted by molar-refractivity contribution is -0.138. The van der Waals surface area contributed by atoms with E-state index in [0.29, 0.717) is 5.75 Å². The van der Waals surface area contributed by atoms with Crippen molar-refractivity contribution in [1.29, 1.82) is 0 Å². The third-order valence-corrected chi connectivity index (χ3v) is 4.04. The van der Waals surface area contributed by atoms with Crippen LogP contribution in [0.25, 0.3) is 0 Å². The van der Waals surface area contributed by atoms with Gasteiger partial charge in [0.05, 0.1) is 13.7 Å². The third-order valence-electron chi connectivity index (χ3n) is 4.04. The molecule has 0 heterocycles. The number of carboxylic acids is 1. The predicted octanol–water partition coefficient (Wildman–Crippen LogP) is 3.66. The van der Waals surface area contributed by atoms with Crippen LogP contribution in [-0.2, 0) is 25.7 Å². The Kier molecular flexibility index (Phi) is 9.05. The summed E-state index contributed by atoms with van der Waals surface area (Å²) in [5.41, 5.74) is -1.28. The van der Waals surface area contributed by atoms with E-state index >= 15 is 0 Å². The maximum absolute atomic E-state index is 12.5. The number of benzene rings is 1. The van der Waals surface area contributed by atoms with Crippen molar-refractivity contribution in [2.45, 2.75) is 39.4 Å². The van der Waals surface area contributed by atoms with E-state index < -0.39 is 22.9 Å². The van der Waals surface area contributed by atoms with Crippen LogP contribution >= 0.6 is 0 Å². The van der Waals surface area contributed by atoms with Crippen LogP contribution in [0.5, 0.6) is 5.75 Å². The fraction of sp³-hybridized carbons (Fsp3) is 0.318. The van der Waals surface area contributed by atoms with Gasteiger partial charge >= 0.3 is 5.97 Å². The normalized spacial score (nSPS) is 14.2. The Balaban J connectivity index is 3.16. The first-order valence-corrected chi connectivity index (χ1v) is 8.87. The number of carbonyl (C=O) groups excluding carboxylic acids is 2. The van der Waals surface area contributed by atoms with Gasteiger partial charge < -0.3 is 14.6 Å². The largest absolute Gasteiger partial charge is 0.497 e. The van der Waals surface area contributed by atoms with Crippen LogP contribution in [0.2, 0.25) is 0 Å². The molecular formula is C22H26O6. The summed E-state index contributed by atoms with van der Waals surface area (Å²) in [7, 11) is 1.56. The van der Waals surface area contributed by atoms with E-state index in [-0.39, 0.29) is 18.8 Å². The lowest BCUT2D eigenvalue weighted by Gasteiger charge is -2.25. The monoisotopic (exact) mass is 386 g/mol. The molecule has 0 unspecified atom stereocenters. The second kappa shape index (κ2) is 11.0. The molecule has 6 heteroatoms. The molecule has 0 amide bonds. The standard InChI is InChI=1S/C22H26O6/c1-5-7-8-9-19(23)18(21(25)26)14-22(3,20(24)6-2)28-15-16-10-12-17(27-4)13-11-16/h5,7-14H,6,15H2,1-4H3,(H,25,26)/b7-5+,9-8+,18-14-/t22-/m0/s1. The predicted molar refractivity (Wildman–Crippen MR) is 106 cm³/mol. The van der Waals surface area contributed by atoms with E-state index in [1.807, 2.05) is 0 Å². The summed E-state index contributed by atoms with van der Waals surface area (Å²) >= 11 is 0. The first-order chi connectivity index (χ1) is 13.3. The lowest BCUT2D eigenvalue weighted by atomic mass is 9.93. The molecule has 28 heavy (non-hydrogen) atoms. The van der Waals surface area contributed by atoms with Gasteiger partial charge in [-0.15, -0.1) is 0 Å². The van der Waals surface area contributed by atoms with Gasteiger partial charge in [0.1, 0.15) is 16.9 Å². The van der Waals surface area contributed by atoms with Crippen LogP contribution in [0.1, 0.15) is 32.8 Å². The molecule has 0 aromatic heterocycles. The van der Waals surface area contributed by atoms with Crippen molar-refractivity contribution in [2.75, 3.05) is 7.11 Å². The maximum atomic E-state index is 12.5. The van der Waals surface area contributed by atoms with Gasteiger partial charge in [-0.1, -0.05) is 37.3 Å². The summed E-state index contributed by atoms with van der Waals surface area (Å²) in [5, 5.41) is 9.44. The second-order valence-corrected chi connectivity index (χ2v) is 6.13. The van der Waals surface area contributed by atoms with Crippen molar-refractivity contribution < 1.29 is 29.0 Å². The fourth-order valence-corrected chi connectivity index (χ4v) is 2.37. The highest BCUT2D eigenvalue weighted by Crippen LogP contribution is 2.22. The molecule has 1 atom stereocenters. The quantitative estimate of drug-likeness (QED) is 0.270. The number of ketones is 2. The number of carboxylic acid groups (broad SMARTS) is 1. The average molecular weight is 386 g/mol. The zero-order valence-electron chi connectivity index (χ0n) is 16.6. The van der Waals surface area contributed by atoms with E-state index in [9.17, 15) is 19.5 Å². The number of ether oxygens (including phenoxy) is 2. The molecule has 6 nitrogen and oxygen atoms in total. The summed E-state index contributed by atoms with van der Waals surface area (Å²) in [6, 6.07) is 7.07. The summed E-state index contributed by atoms with van der Waals surface area (Å²) < 4.78 is 10.9. The Morgan fingerprint density at radius 3 is 2.29 bits per heavy atom. The smallest absolute Gasteiger partial charge is 0.339 e. The summed E-state index contributed by atoms with van der Waals surface area (Å²) in [6.45, 7) is 4.96. The van der Waals surface area contributed by atoms with E-state index in [1.165, 1.54) is 13.0 Å². The molecule has 0 bridgehead atoms. The van der Waals surface area contributed by atoms with Gasteiger partial charge in [-0.2, -0.15) is 0 Å². The van der Waals surface area contributed by atoms with Crippen molar-refractivity contribution in [1.82, 2.24) is 0 Å². The highest BCUT2D eigenvalue weighted by molar-refractivity contribution is 6.21. The summed E-state index contributed by atoms with van der Waals surface area (Å²) in [6.07, 6.45) is 7.11. The van der Waals surface area contributed by atoms with Crippen molar-refractivity contribution in [3.8, 4) is 5.75 Å². The van der Waals surface area contributed by atoms with Crippen LogP contribution in [0.3, 0.4) is 0 Å². The molecule has 1 N–H and O–H groups in total. The van der Waals surface area contributed by atoms with Gasteiger partial charge in [0.15, 0.2) is 11.6 Å². The molecule has 1 aromatic rings. The number of hydrogen-bond acceptors (Lipinski definition) is 5. The Morgan fingerprint density at radius 1 is 1.14 bits per heavy atom. The Hall–Kier alpha value is -2.99. The summed E-state index contributed by atoms with van der Waals surface area (Å²) in [5.74, 6) is -1.78. The molecule has 1 aromatic carbocycles. The molecule has 0 aliphatic rings. The molecule has 0 aliphatic heterocycles. The molecule has 0 aliphatic carbocycles. The first-order valence-electron chi connectivity index (χ1n) is 8.87. The van der Waals surface area contributed by atoms with Crippen LogP contribution in [0.4, 0.5) is 0 Å². The van der Waals surface area contributed by atoms with E-state index in [2.05, 4.69) is 0 Å². The molecule has 1 rings (SSSR count). The van der Waals surface area contributed by atoms with Crippen molar-refractivity contribution in [3.05, 3.63) is 65.8 Å². The number of Topliss-reactive ketones (excluding diaryl/α,β-unsaturated/α-hetero) is 1. The van der Waals surface area contributed by atoms with E-state index in [1.54, 1.807) is 57.4 Å². The third kappa shape index (κ3) is 6.63. The number of hydrogen-bond donors (Lipinski definition) is 1. The van der Waals surface area contributed by atoms with Gasteiger partial charge in [0, 0.05) is 6.42 Å². The molecule has 0 saturated heterocycles. The number of carbonyl (C=O) groups is 3. The van der Waals surface area contributed by atoms with Gasteiger partial charge in [0.25, 0.3) is 0 Å². The highest BCUT2D eigenvalue weighted by Gasteiger charge is 2.33. The van der Waals surface area contributed by atoms with Gasteiger partial charge in [-0.3, -0.25) is 9.59 Å². The minimum absolute atomic E-state index is 0.0677. The SMILES string of the molecule is C/C=C/C=C/C(=O)/C(=C/[C@](C)(OCc1ccc(OC)cc1)C(=O)CC)C(=O)O. The van der Waals surface area contributed by atoms with Crippen LogP contribution in [-0.4, -0.2) is 35.4 Å². The van der Waals surface area contributed by atoms with Gasteiger partial charge in [-0.25, -0.2) is 4.79 Å². The molecule has 0 spiro atoms. The van der Waals surface area contributed by atoms with E-state index in [4.69, 9.17) is 9.47 Å². The van der Waals surface area contributed by atoms with Crippen LogP contribution in [0, 0.1) is 0 Å². The lowest BCUT2D eigenvalue weighted by Crippen LogP contribution is -2.37. The van der Waals surface area contributed by atoms with Crippen molar-refractivity contribution >= 4 is 17.5 Å². The van der Waals surface area contributed by atoms with E-state index in [0.717, 1.165) is 17.7 Å². The first kappa shape index (κ1) is 23.0. The van der Waals surface area contributed by atoms with Crippen molar-refractivity contribution in [3.63, 3.8) is 0 Å². The second-order valence-electron chi connectivity index (χ2n) is 6.13. The van der Waals surface area contributed by atoms with Crippen LogP contribution in [0.15, 0.2) is 60.2 Å². The Labute approximate surface area is 165 Å². The average Bonchev–Trinajstić information content (AvgIpc) is 2.70. The number of methoxy groups -OCH3 is 1. The summed E-state index contributed by atoms with van der Waals surface area (Å²) in [4.78, 5) is 36.3. The Morgan fingerprint density at radius 2 is 1.79 bits per heavy atom.